The van der Waals surface area contributed by atoms with Gasteiger partial charge in [0.1, 0.15) is 11.5 Å². The fraction of sp³-hybridized carbons (Fsp3) is 0.714. The molecule has 0 unspecified atom stereocenters. The standard InChI is InChI=1S/C21H32N2O4/c1-13(2)20(25)22-7-5-16(6-8-22)19-11-23(10-17(19)12-24)21(26)18-9-14(3)27-15(18)4/h9,13,16-17,19,24H,5-8,10-12H2,1-4H3/t17-,19-/m0/s1. The van der Waals surface area contributed by atoms with E-state index in [4.69, 9.17) is 4.42 Å². The molecule has 150 valence electrons. The van der Waals surface area contributed by atoms with Crippen LogP contribution in [0.3, 0.4) is 0 Å². The van der Waals surface area contributed by atoms with Crippen molar-refractivity contribution in [3.05, 3.63) is 23.2 Å². The number of hydrogen-bond donors (Lipinski definition) is 1. The van der Waals surface area contributed by atoms with Gasteiger partial charge in [0.25, 0.3) is 5.91 Å². The third-order valence-electron chi connectivity index (χ3n) is 6.24. The molecule has 2 aliphatic rings. The Morgan fingerprint density at radius 2 is 1.85 bits per heavy atom. The van der Waals surface area contributed by atoms with E-state index in [-0.39, 0.29) is 30.3 Å². The van der Waals surface area contributed by atoms with Crippen molar-refractivity contribution in [2.45, 2.75) is 40.5 Å². The van der Waals surface area contributed by atoms with Gasteiger partial charge in [-0.25, -0.2) is 0 Å². The van der Waals surface area contributed by atoms with Crippen LogP contribution in [-0.4, -0.2) is 59.5 Å². The molecule has 1 aromatic heterocycles. The number of piperidine rings is 1. The molecule has 3 heterocycles. The van der Waals surface area contributed by atoms with Crippen LogP contribution in [0.4, 0.5) is 0 Å². The number of likely N-dealkylation sites (tertiary alicyclic amines) is 2. The van der Waals surface area contributed by atoms with E-state index in [2.05, 4.69) is 0 Å². The normalized spacial score (nSPS) is 24.1. The highest BCUT2D eigenvalue weighted by Gasteiger charge is 2.41. The molecular weight excluding hydrogens is 344 g/mol. The Morgan fingerprint density at radius 1 is 1.19 bits per heavy atom. The van der Waals surface area contributed by atoms with Crippen molar-refractivity contribution in [3.8, 4) is 0 Å². The fourth-order valence-corrected chi connectivity index (χ4v) is 4.72. The summed E-state index contributed by atoms with van der Waals surface area (Å²) in [5, 5.41) is 9.89. The number of furan rings is 1. The summed E-state index contributed by atoms with van der Waals surface area (Å²) in [6, 6.07) is 1.80. The number of aryl methyl sites for hydroxylation is 2. The van der Waals surface area contributed by atoms with Gasteiger partial charge < -0.3 is 19.3 Å². The van der Waals surface area contributed by atoms with Crippen molar-refractivity contribution in [1.29, 1.82) is 0 Å². The number of aliphatic hydroxyl groups is 1. The number of carbonyl (C=O) groups is 2. The Bertz CT molecular complexity index is 688. The Labute approximate surface area is 161 Å². The van der Waals surface area contributed by atoms with Gasteiger partial charge in [-0.15, -0.1) is 0 Å². The zero-order valence-corrected chi connectivity index (χ0v) is 16.9. The SMILES string of the molecule is Cc1cc(C(=O)N2C[C@@H](CO)[C@H](C3CCN(C(=O)C(C)C)CC3)C2)c(C)o1. The number of aliphatic hydroxyl groups excluding tert-OH is 1. The largest absolute Gasteiger partial charge is 0.466 e. The lowest BCUT2D eigenvalue weighted by Crippen LogP contribution is -2.43. The minimum absolute atomic E-state index is 0.00211. The topological polar surface area (TPSA) is 74.0 Å². The van der Waals surface area contributed by atoms with Gasteiger partial charge >= 0.3 is 0 Å². The van der Waals surface area contributed by atoms with Crippen LogP contribution >= 0.6 is 0 Å². The van der Waals surface area contributed by atoms with Gasteiger partial charge in [0.15, 0.2) is 0 Å². The third kappa shape index (κ3) is 4.05. The molecule has 2 aliphatic heterocycles. The second-order valence-electron chi connectivity index (χ2n) is 8.46. The lowest BCUT2D eigenvalue weighted by Gasteiger charge is -2.37. The molecule has 0 aliphatic carbocycles. The van der Waals surface area contributed by atoms with E-state index in [1.54, 1.807) is 6.07 Å². The number of nitrogens with zero attached hydrogens (tertiary/aromatic N) is 2. The maximum absolute atomic E-state index is 12.9. The molecular formula is C21H32N2O4. The Hall–Kier alpha value is -1.82. The molecule has 0 aromatic carbocycles. The van der Waals surface area contributed by atoms with E-state index in [9.17, 15) is 14.7 Å². The zero-order valence-electron chi connectivity index (χ0n) is 16.9. The van der Waals surface area contributed by atoms with E-state index in [0.717, 1.165) is 31.7 Å². The van der Waals surface area contributed by atoms with Crippen LogP contribution in [0.15, 0.2) is 10.5 Å². The average molecular weight is 376 g/mol. The first-order valence-corrected chi connectivity index (χ1v) is 10.1. The predicted octanol–water partition coefficient (Wildman–Crippen LogP) is 2.47. The summed E-state index contributed by atoms with van der Waals surface area (Å²) in [7, 11) is 0. The van der Waals surface area contributed by atoms with E-state index in [0.29, 0.717) is 36.2 Å². The average Bonchev–Trinajstić information content (AvgIpc) is 3.23. The van der Waals surface area contributed by atoms with E-state index in [1.165, 1.54) is 0 Å². The molecule has 0 spiro atoms. The van der Waals surface area contributed by atoms with Gasteiger partial charge in [-0.3, -0.25) is 9.59 Å². The number of rotatable bonds is 4. The van der Waals surface area contributed by atoms with Gasteiger partial charge in [-0.1, -0.05) is 13.8 Å². The molecule has 6 heteroatoms. The fourth-order valence-electron chi connectivity index (χ4n) is 4.72. The monoisotopic (exact) mass is 376 g/mol. The summed E-state index contributed by atoms with van der Waals surface area (Å²) in [6.45, 7) is 10.5. The smallest absolute Gasteiger partial charge is 0.257 e. The van der Waals surface area contributed by atoms with Gasteiger partial charge in [-0.05, 0) is 44.6 Å². The molecule has 6 nitrogen and oxygen atoms in total. The van der Waals surface area contributed by atoms with Crippen molar-refractivity contribution in [3.63, 3.8) is 0 Å². The number of carbonyl (C=O) groups excluding carboxylic acids is 2. The van der Waals surface area contributed by atoms with Crippen LogP contribution in [0.25, 0.3) is 0 Å². The van der Waals surface area contributed by atoms with Gasteiger partial charge in [-0.2, -0.15) is 0 Å². The molecule has 1 aromatic rings. The quantitative estimate of drug-likeness (QED) is 0.876. The molecule has 2 saturated heterocycles. The van der Waals surface area contributed by atoms with E-state index in [1.807, 2.05) is 37.5 Å². The van der Waals surface area contributed by atoms with Crippen molar-refractivity contribution < 1.29 is 19.1 Å². The number of hydrogen-bond acceptors (Lipinski definition) is 4. The summed E-state index contributed by atoms with van der Waals surface area (Å²) >= 11 is 0. The van der Waals surface area contributed by atoms with Crippen molar-refractivity contribution in [2.24, 2.45) is 23.7 Å². The molecule has 27 heavy (non-hydrogen) atoms. The molecule has 2 atom stereocenters. The molecule has 1 N–H and O–H groups in total. The van der Waals surface area contributed by atoms with Crippen molar-refractivity contribution >= 4 is 11.8 Å². The van der Waals surface area contributed by atoms with Crippen LogP contribution in [0.2, 0.25) is 0 Å². The van der Waals surface area contributed by atoms with Crippen LogP contribution in [-0.2, 0) is 4.79 Å². The summed E-state index contributed by atoms with van der Waals surface area (Å²) in [6.07, 6.45) is 1.90. The predicted molar refractivity (Wildman–Crippen MR) is 102 cm³/mol. The third-order valence-corrected chi connectivity index (χ3v) is 6.24. The van der Waals surface area contributed by atoms with Gasteiger partial charge in [0.2, 0.25) is 5.91 Å². The van der Waals surface area contributed by atoms with E-state index >= 15 is 0 Å². The van der Waals surface area contributed by atoms with Crippen LogP contribution in [0.1, 0.15) is 48.6 Å². The Morgan fingerprint density at radius 3 is 2.37 bits per heavy atom. The van der Waals surface area contributed by atoms with Crippen LogP contribution < -0.4 is 0 Å². The van der Waals surface area contributed by atoms with Crippen molar-refractivity contribution in [1.82, 2.24) is 9.80 Å². The maximum Gasteiger partial charge on any atom is 0.257 e. The first kappa shape index (κ1) is 19.9. The van der Waals surface area contributed by atoms with Gasteiger partial charge in [0.05, 0.1) is 5.56 Å². The minimum Gasteiger partial charge on any atom is -0.466 e. The van der Waals surface area contributed by atoms with E-state index < -0.39 is 0 Å². The second-order valence-corrected chi connectivity index (χ2v) is 8.46. The van der Waals surface area contributed by atoms with Gasteiger partial charge in [0, 0.05) is 44.6 Å². The second kappa shape index (κ2) is 8.05. The molecule has 0 bridgehead atoms. The molecule has 0 saturated carbocycles. The summed E-state index contributed by atoms with van der Waals surface area (Å²) in [5.41, 5.74) is 0.627. The zero-order chi connectivity index (χ0) is 19.7. The van der Waals surface area contributed by atoms with Crippen LogP contribution in [0, 0.1) is 37.5 Å². The summed E-state index contributed by atoms with van der Waals surface area (Å²) in [4.78, 5) is 29.0. The maximum atomic E-state index is 12.9. The molecule has 2 amide bonds. The lowest BCUT2D eigenvalue weighted by atomic mass is 9.78. The molecule has 3 rings (SSSR count). The first-order valence-electron chi connectivity index (χ1n) is 10.1. The Kier molecular flexibility index (Phi) is 5.94. The van der Waals surface area contributed by atoms with Crippen LogP contribution in [0.5, 0.6) is 0 Å². The van der Waals surface area contributed by atoms with Crippen molar-refractivity contribution in [2.75, 3.05) is 32.8 Å². The highest BCUT2D eigenvalue weighted by molar-refractivity contribution is 5.95. The molecule has 2 fully saturated rings. The number of amides is 2. The summed E-state index contributed by atoms with van der Waals surface area (Å²) < 4.78 is 5.51. The highest BCUT2D eigenvalue weighted by atomic mass is 16.3. The highest BCUT2D eigenvalue weighted by Crippen LogP contribution is 2.36. The molecule has 0 radical (unpaired) electrons. The Balaban J connectivity index is 1.64. The minimum atomic E-state index is -0.00211. The summed E-state index contributed by atoms with van der Waals surface area (Å²) in [5.74, 6) is 2.51. The lowest BCUT2D eigenvalue weighted by molar-refractivity contribution is -0.136. The first-order chi connectivity index (χ1) is 12.8.